The number of pyridine rings is 1. The Balaban J connectivity index is 1.52. The molecule has 0 aliphatic carbocycles. The van der Waals surface area contributed by atoms with Crippen molar-refractivity contribution in [3.63, 3.8) is 0 Å². The van der Waals surface area contributed by atoms with E-state index in [1.807, 2.05) is 13.8 Å². The van der Waals surface area contributed by atoms with Gasteiger partial charge in [-0.15, -0.1) is 13.2 Å². The van der Waals surface area contributed by atoms with Crippen LogP contribution in [0.3, 0.4) is 0 Å². The van der Waals surface area contributed by atoms with Gasteiger partial charge in [-0.2, -0.15) is 4.98 Å². The highest BCUT2D eigenvalue weighted by molar-refractivity contribution is 5.71. The lowest BCUT2D eigenvalue weighted by Crippen LogP contribution is -2.45. The highest BCUT2D eigenvalue weighted by atomic mass is 19.4. The van der Waals surface area contributed by atoms with Crippen LogP contribution in [-0.4, -0.2) is 44.6 Å². The molecule has 3 heterocycles. The van der Waals surface area contributed by atoms with Crippen LogP contribution in [0.2, 0.25) is 0 Å². The summed E-state index contributed by atoms with van der Waals surface area (Å²) >= 11 is 0. The van der Waals surface area contributed by atoms with Gasteiger partial charge in [-0.3, -0.25) is 19.1 Å². The van der Waals surface area contributed by atoms with Gasteiger partial charge in [0.2, 0.25) is 5.88 Å². The van der Waals surface area contributed by atoms with Gasteiger partial charge in [-0.1, -0.05) is 12.1 Å². The Kier molecular flexibility index (Phi) is 6.88. The first kappa shape index (κ1) is 24.8. The standard InChI is InChI=1S/C24H27F3N4O4/c1-15(2)34-20-9-8-19-21(28-20)31(23(33)22(32)29(19)3)17-10-12-30(13-11-17)14-16-4-6-18(7-5-16)35-24(25,26)27/h4-9,15,17H,10-14H2,1-3H3. The van der Waals surface area contributed by atoms with Crippen LogP contribution in [0.1, 0.15) is 38.3 Å². The summed E-state index contributed by atoms with van der Waals surface area (Å²) in [5.74, 6) is 0.125. The summed E-state index contributed by atoms with van der Waals surface area (Å²) in [4.78, 5) is 32.3. The third kappa shape index (κ3) is 5.67. The van der Waals surface area contributed by atoms with Crippen molar-refractivity contribution in [1.82, 2.24) is 19.0 Å². The summed E-state index contributed by atoms with van der Waals surface area (Å²) in [5, 5.41) is 0. The Morgan fingerprint density at radius 1 is 1.03 bits per heavy atom. The highest BCUT2D eigenvalue weighted by Gasteiger charge is 2.31. The molecule has 1 aliphatic heterocycles. The summed E-state index contributed by atoms with van der Waals surface area (Å²) in [7, 11) is 1.55. The van der Waals surface area contributed by atoms with Gasteiger partial charge in [0.25, 0.3) is 0 Å². The van der Waals surface area contributed by atoms with Crippen molar-refractivity contribution in [1.29, 1.82) is 0 Å². The van der Waals surface area contributed by atoms with Crippen LogP contribution in [0.15, 0.2) is 46.0 Å². The maximum absolute atomic E-state index is 13.0. The second kappa shape index (κ2) is 9.73. The summed E-state index contributed by atoms with van der Waals surface area (Å²) < 4.78 is 49.5. The maximum atomic E-state index is 13.0. The van der Waals surface area contributed by atoms with Crippen molar-refractivity contribution in [3.8, 4) is 11.6 Å². The topological polar surface area (TPSA) is 78.6 Å². The van der Waals surface area contributed by atoms with E-state index in [9.17, 15) is 22.8 Å². The molecule has 2 aromatic heterocycles. The Bertz CT molecular complexity index is 1310. The lowest BCUT2D eigenvalue weighted by molar-refractivity contribution is -0.274. The Morgan fingerprint density at radius 3 is 2.29 bits per heavy atom. The number of benzene rings is 1. The molecule has 1 saturated heterocycles. The molecule has 8 nitrogen and oxygen atoms in total. The average molecular weight is 492 g/mol. The number of piperidine rings is 1. The molecule has 0 bridgehead atoms. The number of aromatic nitrogens is 3. The lowest BCUT2D eigenvalue weighted by atomic mass is 10.0. The number of ether oxygens (including phenoxy) is 2. The van der Waals surface area contributed by atoms with E-state index in [1.165, 1.54) is 21.3 Å². The second-order valence-electron chi connectivity index (χ2n) is 8.90. The molecule has 1 fully saturated rings. The van der Waals surface area contributed by atoms with Crippen molar-refractivity contribution in [3.05, 3.63) is 62.7 Å². The molecule has 0 spiro atoms. The Hall–Kier alpha value is -3.34. The Labute approximate surface area is 199 Å². The minimum Gasteiger partial charge on any atom is -0.475 e. The first-order valence-corrected chi connectivity index (χ1v) is 11.4. The van der Waals surface area contributed by atoms with Gasteiger partial charge >= 0.3 is 17.5 Å². The number of aryl methyl sites for hydroxylation is 1. The fraction of sp³-hybridized carbons (Fsp3) is 0.458. The molecule has 4 rings (SSSR count). The normalized spacial score (nSPS) is 15.6. The van der Waals surface area contributed by atoms with Gasteiger partial charge in [0.1, 0.15) is 5.75 Å². The van der Waals surface area contributed by atoms with Gasteiger partial charge in [0, 0.05) is 38.8 Å². The minimum absolute atomic E-state index is 0.0926. The lowest BCUT2D eigenvalue weighted by Gasteiger charge is -2.33. The molecule has 188 valence electrons. The molecule has 0 amide bonds. The number of alkyl halides is 3. The summed E-state index contributed by atoms with van der Waals surface area (Å²) in [6.07, 6.45) is -3.58. The van der Waals surface area contributed by atoms with Crippen LogP contribution < -0.4 is 20.6 Å². The zero-order chi connectivity index (χ0) is 25.3. The van der Waals surface area contributed by atoms with E-state index >= 15 is 0 Å². The molecule has 0 unspecified atom stereocenters. The van der Waals surface area contributed by atoms with Crippen LogP contribution in [0.4, 0.5) is 13.2 Å². The van der Waals surface area contributed by atoms with Gasteiger partial charge < -0.3 is 14.0 Å². The number of halogens is 3. The van der Waals surface area contributed by atoms with Crippen LogP contribution in [0.5, 0.6) is 11.6 Å². The fourth-order valence-corrected chi connectivity index (χ4v) is 4.35. The highest BCUT2D eigenvalue weighted by Crippen LogP contribution is 2.27. The molecular formula is C24H27F3N4O4. The molecule has 35 heavy (non-hydrogen) atoms. The molecular weight excluding hydrogens is 465 g/mol. The molecule has 11 heteroatoms. The van der Waals surface area contributed by atoms with Gasteiger partial charge in [0.05, 0.1) is 11.6 Å². The number of hydrogen-bond donors (Lipinski definition) is 0. The van der Waals surface area contributed by atoms with E-state index in [0.29, 0.717) is 49.5 Å². The minimum atomic E-state index is -4.72. The summed E-state index contributed by atoms with van der Waals surface area (Å²) in [5.41, 5.74) is 0.586. The monoisotopic (exact) mass is 492 g/mol. The largest absolute Gasteiger partial charge is 0.573 e. The van der Waals surface area contributed by atoms with Crippen molar-refractivity contribution in [2.75, 3.05) is 13.1 Å². The summed E-state index contributed by atoms with van der Waals surface area (Å²) in [6, 6.07) is 9.01. The Morgan fingerprint density at radius 2 is 1.69 bits per heavy atom. The predicted molar refractivity (Wildman–Crippen MR) is 124 cm³/mol. The van der Waals surface area contributed by atoms with E-state index in [4.69, 9.17) is 4.74 Å². The van der Waals surface area contributed by atoms with E-state index in [1.54, 1.807) is 31.3 Å². The van der Waals surface area contributed by atoms with E-state index in [2.05, 4.69) is 14.6 Å². The molecule has 1 aromatic carbocycles. The van der Waals surface area contributed by atoms with E-state index < -0.39 is 17.5 Å². The third-order valence-electron chi connectivity index (χ3n) is 5.97. The smallest absolute Gasteiger partial charge is 0.475 e. The van der Waals surface area contributed by atoms with Crippen molar-refractivity contribution in [2.24, 2.45) is 7.05 Å². The number of nitrogens with zero attached hydrogens (tertiary/aromatic N) is 4. The number of hydrogen-bond acceptors (Lipinski definition) is 6. The maximum Gasteiger partial charge on any atom is 0.573 e. The first-order valence-electron chi connectivity index (χ1n) is 11.4. The van der Waals surface area contributed by atoms with Crippen molar-refractivity contribution >= 4 is 11.2 Å². The zero-order valence-electron chi connectivity index (χ0n) is 19.7. The molecule has 0 atom stereocenters. The molecule has 0 radical (unpaired) electrons. The van der Waals surface area contributed by atoms with Gasteiger partial charge in [-0.25, -0.2) is 0 Å². The summed E-state index contributed by atoms with van der Waals surface area (Å²) in [6.45, 7) is 5.61. The van der Waals surface area contributed by atoms with E-state index in [-0.39, 0.29) is 17.9 Å². The van der Waals surface area contributed by atoms with Crippen LogP contribution >= 0.6 is 0 Å². The van der Waals surface area contributed by atoms with Crippen molar-refractivity contribution in [2.45, 2.75) is 51.7 Å². The van der Waals surface area contributed by atoms with Gasteiger partial charge in [0.15, 0.2) is 5.65 Å². The molecule has 0 saturated carbocycles. The molecule has 0 N–H and O–H groups in total. The van der Waals surface area contributed by atoms with E-state index in [0.717, 1.165) is 5.56 Å². The second-order valence-corrected chi connectivity index (χ2v) is 8.90. The zero-order valence-corrected chi connectivity index (χ0v) is 19.7. The number of fused-ring (bicyclic) bond motifs is 1. The number of rotatable bonds is 6. The quantitative estimate of drug-likeness (QED) is 0.489. The van der Waals surface area contributed by atoms with Crippen LogP contribution in [0.25, 0.3) is 11.2 Å². The number of likely N-dealkylation sites (tertiary alicyclic amines) is 1. The van der Waals surface area contributed by atoms with Crippen molar-refractivity contribution < 1.29 is 22.6 Å². The average Bonchev–Trinajstić information content (AvgIpc) is 2.79. The first-order chi connectivity index (χ1) is 16.5. The molecule has 3 aromatic rings. The van der Waals surface area contributed by atoms with Crippen LogP contribution in [-0.2, 0) is 13.6 Å². The third-order valence-corrected chi connectivity index (χ3v) is 5.97. The molecule has 1 aliphatic rings. The van der Waals surface area contributed by atoms with Gasteiger partial charge in [-0.05, 0) is 50.5 Å². The fourth-order valence-electron chi connectivity index (χ4n) is 4.35. The van der Waals surface area contributed by atoms with Crippen LogP contribution in [0, 0.1) is 0 Å². The SMILES string of the molecule is CC(C)Oc1ccc2c(n1)n(C1CCN(Cc3ccc(OC(F)(F)F)cc3)CC1)c(=O)c(=O)n2C. The predicted octanol–water partition coefficient (Wildman–Crippen LogP) is 3.62.